The van der Waals surface area contributed by atoms with Gasteiger partial charge in [0.2, 0.25) is 15.8 Å². The van der Waals surface area contributed by atoms with Crippen LogP contribution in [0.1, 0.15) is 78.6 Å². The van der Waals surface area contributed by atoms with Crippen LogP contribution >= 0.6 is 0 Å². The van der Waals surface area contributed by atoms with Crippen LogP contribution < -0.4 is 4.90 Å². The van der Waals surface area contributed by atoms with Gasteiger partial charge in [-0.3, -0.25) is 9.20 Å². The molecule has 45 heavy (non-hydrogen) atoms. The molecule has 2 aliphatic heterocycles. The van der Waals surface area contributed by atoms with Crippen molar-refractivity contribution < 1.29 is 26.7 Å². The lowest BCUT2D eigenvalue weighted by Gasteiger charge is -2.36. The quantitative estimate of drug-likeness (QED) is 0.239. The molecule has 3 aromatic heterocycles. The Hall–Kier alpha value is -3.97. The zero-order valence-corrected chi connectivity index (χ0v) is 26.3. The molecule has 0 bridgehead atoms. The second kappa shape index (κ2) is 12.4. The van der Waals surface area contributed by atoms with Crippen molar-refractivity contribution in [1.29, 1.82) is 0 Å². The molecule has 1 unspecified atom stereocenters. The van der Waals surface area contributed by atoms with Crippen LogP contribution in [0.2, 0.25) is 0 Å². The summed E-state index contributed by atoms with van der Waals surface area (Å²) in [7, 11) is -3.86. The van der Waals surface area contributed by atoms with E-state index in [1.807, 2.05) is 25.1 Å². The van der Waals surface area contributed by atoms with Gasteiger partial charge in [-0.25, -0.2) is 22.2 Å². The number of ether oxygens (including phenoxy) is 1. The van der Waals surface area contributed by atoms with Crippen molar-refractivity contribution in [3.8, 4) is 0 Å². The molecule has 0 N–H and O–H groups in total. The minimum atomic E-state index is -3.86. The van der Waals surface area contributed by atoms with Crippen LogP contribution in [-0.2, 0) is 26.1 Å². The van der Waals surface area contributed by atoms with Crippen LogP contribution in [-0.4, -0.2) is 64.0 Å². The first-order valence-electron chi connectivity index (χ1n) is 15.2. The molecule has 0 spiro atoms. The maximum absolute atomic E-state index is 14.1. The molecule has 4 aromatic rings. The number of anilines is 1. The van der Waals surface area contributed by atoms with Gasteiger partial charge in [-0.1, -0.05) is 18.2 Å². The van der Waals surface area contributed by atoms with Gasteiger partial charge in [0.15, 0.2) is 5.65 Å². The Morgan fingerprint density at radius 2 is 1.96 bits per heavy atom. The van der Waals surface area contributed by atoms with E-state index in [9.17, 15) is 22.0 Å². The van der Waals surface area contributed by atoms with Crippen molar-refractivity contribution in [3.63, 3.8) is 0 Å². The van der Waals surface area contributed by atoms with Crippen molar-refractivity contribution in [1.82, 2.24) is 23.9 Å². The number of benzene rings is 1. The Labute approximate surface area is 261 Å². The monoisotopic (exact) mass is 638 g/mol. The maximum Gasteiger partial charge on any atom is 0.306 e. The van der Waals surface area contributed by atoms with E-state index in [1.165, 1.54) is 10.6 Å². The van der Waals surface area contributed by atoms with E-state index >= 15 is 0 Å². The lowest BCUT2D eigenvalue weighted by Crippen LogP contribution is -2.45. The first-order chi connectivity index (χ1) is 21.6. The van der Waals surface area contributed by atoms with Crippen LogP contribution in [0.15, 0.2) is 53.7 Å². The van der Waals surface area contributed by atoms with Crippen LogP contribution in [0.4, 0.5) is 14.6 Å². The maximum atomic E-state index is 14.1. The number of aromatic nitrogens is 4. The number of esters is 1. The number of hydrogen-bond acceptors (Lipinski definition) is 8. The third kappa shape index (κ3) is 5.79. The Kier molecular flexibility index (Phi) is 8.57. The number of piperidine rings is 1. The highest BCUT2D eigenvalue weighted by Gasteiger charge is 2.39. The fourth-order valence-corrected chi connectivity index (χ4v) is 8.20. The Morgan fingerprint density at radius 3 is 2.73 bits per heavy atom. The van der Waals surface area contributed by atoms with Crippen LogP contribution in [0.25, 0.3) is 5.65 Å². The zero-order chi connectivity index (χ0) is 31.9. The molecule has 238 valence electrons. The summed E-state index contributed by atoms with van der Waals surface area (Å²) in [5.41, 5.74) is 4.11. The van der Waals surface area contributed by atoms with Gasteiger partial charge in [-0.15, -0.1) is 10.2 Å². The van der Waals surface area contributed by atoms with Crippen molar-refractivity contribution in [2.75, 3.05) is 24.6 Å². The summed E-state index contributed by atoms with van der Waals surface area (Å²) in [5, 5.41) is 7.69. The number of pyridine rings is 2. The highest BCUT2D eigenvalue weighted by atomic mass is 32.2. The largest absolute Gasteiger partial charge is 0.466 e. The summed E-state index contributed by atoms with van der Waals surface area (Å²) in [6, 6.07) is 10.8. The number of sulfonamides is 1. The number of hydrogen-bond donors (Lipinski definition) is 0. The second-order valence-electron chi connectivity index (χ2n) is 11.7. The second-order valence-corrected chi connectivity index (χ2v) is 13.6. The number of carbonyl (C=O) groups is 1. The van der Waals surface area contributed by atoms with E-state index in [-0.39, 0.29) is 36.2 Å². The van der Waals surface area contributed by atoms with Gasteiger partial charge in [-0.2, -0.15) is 4.31 Å². The molecule has 0 aliphatic carbocycles. The van der Waals surface area contributed by atoms with Gasteiger partial charge < -0.3 is 9.64 Å². The van der Waals surface area contributed by atoms with E-state index in [0.29, 0.717) is 17.9 Å². The molecule has 13 heteroatoms. The van der Waals surface area contributed by atoms with Gasteiger partial charge >= 0.3 is 5.97 Å². The van der Waals surface area contributed by atoms with Crippen LogP contribution in [0.3, 0.4) is 0 Å². The van der Waals surface area contributed by atoms with Crippen molar-refractivity contribution in [3.05, 3.63) is 82.4 Å². The summed E-state index contributed by atoms with van der Waals surface area (Å²) < 4.78 is 63.4. The highest BCUT2D eigenvalue weighted by Crippen LogP contribution is 2.37. The summed E-state index contributed by atoms with van der Waals surface area (Å²) in [6.45, 7) is 6.90. The molecule has 0 amide bonds. The summed E-state index contributed by atoms with van der Waals surface area (Å²) in [5.74, 6) is -0.847. The molecule has 0 saturated carbocycles. The first kappa shape index (κ1) is 31.0. The molecule has 5 heterocycles. The molecule has 1 aromatic carbocycles. The number of carbonyl (C=O) groups excluding carboxylic acids is 1. The normalized spacial score (nSPS) is 18.8. The summed E-state index contributed by atoms with van der Waals surface area (Å²) in [6.07, 6.45) is 3.23. The Bertz CT molecular complexity index is 1850. The van der Waals surface area contributed by atoms with Crippen LogP contribution in [0, 0.1) is 13.8 Å². The van der Waals surface area contributed by atoms with E-state index in [4.69, 9.17) is 4.74 Å². The van der Waals surface area contributed by atoms with Crippen molar-refractivity contribution >= 4 is 27.5 Å². The topological polar surface area (TPSA) is 110 Å². The number of nitrogens with zero attached hydrogens (tertiary/aromatic N) is 6. The minimum Gasteiger partial charge on any atom is -0.466 e. The third-order valence-corrected chi connectivity index (χ3v) is 10.8. The Balaban J connectivity index is 1.40. The smallest absolute Gasteiger partial charge is 0.306 e. The van der Waals surface area contributed by atoms with Gasteiger partial charge in [0, 0.05) is 44.0 Å². The minimum absolute atomic E-state index is 0.00128. The Morgan fingerprint density at radius 1 is 1.13 bits per heavy atom. The SMILES string of the molecule is CCOC(=O)CC(c1ccc(C)c(CN2C[C@@H]3CCCCN3c3ncccc3S2(=O)=O)c1)c1ccn2c(C(F)F)nnc2c1C. The summed E-state index contributed by atoms with van der Waals surface area (Å²) in [4.78, 5) is 19.7. The number of alkyl halides is 2. The molecule has 2 atom stereocenters. The predicted molar refractivity (Wildman–Crippen MR) is 164 cm³/mol. The van der Waals surface area contributed by atoms with E-state index in [2.05, 4.69) is 20.1 Å². The third-order valence-electron chi connectivity index (χ3n) is 8.95. The first-order valence-corrected chi connectivity index (χ1v) is 16.6. The lowest BCUT2D eigenvalue weighted by molar-refractivity contribution is -0.143. The molecule has 1 fully saturated rings. The highest BCUT2D eigenvalue weighted by molar-refractivity contribution is 7.89. The number of aryl methyl sites for hydroxylation is 2. The fourth-order valence-electron chi connectivity index (χ4n) is 6.59. The number of fused-ring (bicyclic) bond motifs is 4. The fraction of sp³-hybridized carbons (Fsp3) is 0.438. The van der Waals surface area contributed by atoms with Crippen molar-refractivity contribution in [2.45, 2.75) is 76.3 Å². The van der Waals surface area contributed by atoms with E-state index < -0.39 is 34.2 Å². The molecule has 10 nitrogen and oxygen atoms in total. The lowest BCUT2D eigenvalue weighted by atomic mass is 9.85. The van der Waals surface area contributed by atoms with E-state index in [1.54, 1.807) is 42.5 Å². The van der Waals surface area contributed by atoms with Gasteiger partial charge in [0.1, 0.15) is 10.7 Å². The predicted octanol–water partition coefficient (Wildman–Crippen LogP) is 5.33. The molecule has 2 aliphatic rings. The number of halogens is 2. The molecular formula is C32H36F2N6O4S. The van der Waals surface area contributed by atoms with Gasteiger partial charge in [0.25, 0.3) is 6.43 Å². The standard InChI is InChI=1S/C32H36F2N6O4S/c1-4-44-28(41)17-26(25-12-15-40-30(21(25)3)36-37-32(40)29(33)34)22-11-10-20(2)23(16-22)18-38-19-24-8-5-6-14-39(24)31-27(45(38,42)43)9-7-13-35-31/h7,9-13,15-16,24,26,29H,4-6,8,14,17-19H2,1-3H3/t24-,26?/m0/s1. The van der Waals surface area contributed by atoms with E-state index in [0.717, 1.165) is 48.1 Å². The van der Waals surface area contributed by atoms with Gasteiger partial charge in [0.05, 0.1) is 13.0 Å². The van der Waals surface area contributed by atoms with Crippen LogP contribution in [0.5, 0.6) is 0 Å². The molecular weight excluding hydrogens is 602 g/mol. The van der Waals surface area contributed by atoms with Gasteiger partial charge in [-0.05, 0) is 86.1 Å². The average Bonchev–Trinajstić information content (AvgIpc) is 3.44. The van der Waals surface area contributed by atoms with Crippen molar-refractivity contribution in [2.24, 2.45) is 0 Å². The number of rotatable bonds is 8. The molecule has 0 radical (unpaired) electrons. The zero-order valence-electron chi connectivity index (χ0n) is 25.5. The average molecular weight is 639 g/mol. The molecule has 6 rings (SSSR count). The summed E-state index contributed by atoms with van der Waals surface area (Å²) >= 11 is 0. The molecule has 1 saturated heterocycles.